The van der Waals surface area contributed by atoms with E-state index >= 15 is 0 Å². The third kappa shape index (κ3) is 0.881. The molecule has 1 atom stereocenters. The second-order valence-electron chi connectivity index (χ2n) is 1.75. The lowest BCUT2D eigenvalue weighted by atomic mass is 10.3. The lowest BCUT2D eigenvalue weighted by Gasteiger charge is -1.93. The van der Waals surface area contributed by atoms with Gasteiger partial charge in [0, 0.05) is 6.54 Å². The van der Waals surface area contributed by atoms with Gasteiger partial charge in [0.15, 0.2) is 0 Å². The molecule has 1 unspecified atom stereocenters. The van der Waals surface area contributed by atoms with Gasteiger partial charge in [0.1, 0.15) is 11.6 Å². The SMILES string of the molecule is O=C=C1NCCC1S. The van der Waals surface area contributed by atoms with Crippen LogP contribution in [-0.2, 0) is 4.79 Å². The summed E-state index contributed by atoms with van der Waals surface area (Å²) < 4.78 is 0. The van der Waals surface area contributed by atoms with Crippen molar-refractivity contribution < 1.29 is 4.79 Å². The number of thiol groups is 1. The second-order valence-corrected chi connectivity index (χ2v) is 2.37. The van der Waals surface area contributed by atoms with Crippen LogP contribution in [0.4, 0.5) is 0 Å². The van der Waals surface area contributed by atoms with Crippen LogP contribution in [-0.4, -0.2) is 17.7 Å². The first-order valence-corrected chi connectivity index (χ1v) is 3.03. The maximum Gasteiger partial charge on any atom is 0.146 e. The van der Waals surface area contributed by atoms with Gasteiger partial charge in [0.05, 0.1) is 5.25 Å². The van der Waals surface area contributed by atoms with E-state index in [2.05, 4.69) is 17.9 Å². The lowest BCUT2D eigenvalue weighted by Crippen LogP contribution is -2.06. The molecular formula is C5H7NOS. The highest BCUT2D eigenvalue weighted by Gasteiger charge is 2.16. The van der Waals surface area contributed by atoms with Crippen molar-refractivity contribution >= 4 is 18.6 Å². The molecule has 8 heavy (non-hydrogen) atoms. The highest BCUT2D eigenvalue weighted by atomic mass is 32.1. The molecule has 0 amide bonds. The fraction of sp³-hybridized carbons (Fsp3) is 0.600. The Bertz CT molecular complexity index is 139. The van der Waals surface area contributed by atoms with Crippen LogP contribution in [0.25, 0.3) is 0 Å². The first-order chi connectivity index (χ1) is 3.84. The topological polar surface area (TPSA) is 29.1 Å². The van der Waals surface area contributed by atoms with Gasteiger partial charge in [0.25, 0.3) is 0 Å². The number of carbonyl (C=O) groups excluding carboxylic acids is 1. The first-order valence-electron chi connectivity index (χ1n) is 2.51. The van der Waals surface area contributed by atoms with Crippen LogP contribution in [0.1, 0.15) is 6.42 Å². The maximum atomic E-state index is 9.94. The van der Waals surface area contributed by atoms with Gasteiger partial charge < -0.3 is 5.32 Å². The van der Waals surface area contributed by atoms with Gasteiger partial charge in [-0.15, -0.1) is 0 Å². The minimum atomic E-state index is 0.104. The number of hydrogen-bond donors (Lipinski definition) is 2. The van der Waals surface area contributed by atoms with E-state index in [9.17, 15) is 4.79 Å². The highest BCUT2D eigenvalue weighted by Crippen LogP contribution is 2.13. The summed E-state index contributed by atoms with van der Waals surface area (Å²) in [7, 11) is 0. The van der Waals surface area contributed by atoms with E-state index in [-0.39, 0.29) is 5.25 Å². The Kier molecular flexibility index (Phi) is 1.61. The smallest absolute Gasteiger partial charge is 0.146 e. The van der Waals surface area contributed by atoms with Gasteiger partial charge in [-0.3, -0.25) is 0 Å². The average molecular weight is 129 g/mol. The van der Waals surface area contributed by atoms with E-state index in [1.807, 2.05) is 0 Å². The predicted molar refractivity (Wildman–Crippen MR) is 34.6 cm³/mol. The van der Waals surface area contributed by atoms with E-state index in [4.69, 9.17) is 0 Å². The van der Waals surface area contributed by atoms with Crippen molar-refractivity contribution in [2.45, 2.75) is 11.7 Å². The molecule has 1 rings (SSSR count). The van der Waals surface area contributed by atoms with E-state index in [0.717, 1.165) is 13.0 Å². The van der Waals surface area contributed by atoms with Gasteiger partial charge in [-0.2, -0.15) is 12.6 Å². The summed E-state index contributed by atoms with van der Waals surface area (Å²) in [5, 5.41) is 2.98. The third-order valence-corrected chi connectivity index (χ3v) is 1.69. The average Bonchev–Trinajstić information content (AvgIpc) is 2.14. The molecule has 0 aromatic carbocycles. The molecule has 0 spiro atoms. The largest absolute Gasteiger partial charge is 0.378 e. The first kappa shape index (κ1) is 5.73. The van der Waals surface area contributed by atoms with Crippen molar-refractivity contribution in [3.05, 3.63) is 5.70 Å². The van der Waals surface area contributed by atoms with Crippen LogP contribution in [0.5, 0.6) is 0 Å². The van der Waals surface area contributed by atoms with Crippen molar-refractivity contribution in [1.82, 2.24) is 5.32 Å². The van der Waals surface area contributed by atoms with Crippen molar-refractivity contribution in [2.24, 2.45) is 0 Å². The number of nitrogens with one attached hydrogen (secondary N) is 1. The molecule has 0 saturated carbocycles. The van der Waals surface area contributed by atoms with Crippen molar-refractivity contribution in [2.75, 3.05) is 6.54 Å². The predicted octanol–water partition coefficient (Wildman–Crippen LogP) is -0.00640. The van der Waals surface area contributed by atoms with Crippen LogP contribution in [0.15, 0.2) is 5.70 Å². The second kappa shape index (κ2) is 2.25. The molecule has 44 valence electrons. The quantitative estimate of drug-likeness (QED) is 0.356. The summed E-state index contributed by atoms with van der Waals surface area (Å²) in [6.45, 7) is 0.860. The van der Waals surface area contributed by atoms with E-state index in [0.29, 0.717) is 5.70 Å². The fourth-order valence-corrected chi connectivity index (χ4v) is 0.983. The van der Waals surface area contributed by atoms with Crippen LogP contribution >= 0.6 is 12.6 Å². The van der Waals surface area contributed by atoms with Gasteiger partial charge in [-0.25, -0.2) is 4.79 Å². The molecule has 2 nitrogen and oxygen atoms in total. The Labute approximate surface area is 53.4 Å². The minimum Gasteiger partial charge on any atom is -0.378 e. The molecule has 1 N–H and O–H groups in total. The van der Waals surface area contributed by atoms with Crippen molar-refractivity contribution in [3.63, 3.8) is 0 Å². The third-order valence-electron chi connectivity index (χ3n) is 1.18. The molecule has 0 bridgehead atoms. The molecule has 3 heteroatoms. The van der Waals surface area contributed by atoms with Crippen molar-refractivity contribution in [1.29, 1.82) is 0 Å². The zero-order chi connectivity index (χ0) is 5.98. The van der Waals surface area contributed by atoms with Gasteiger partial charge >= 0.3 is 0 Å². The lowest BCUT2D eigenvalue weighted by molar-refractivity contribution is 0.565. The van der Waals surface area contributed by atoms with Gasteiger partial charge in [-0.05, 0) is 6.42 Å². The van der Waals surface area contributed by atoms with Crippen LogP contribution < -0.4 is 5.32 Å². The Morgan fingerprint density at radius 1 is 1.88 bits per heavy atom. The van der Waals surface area contributed by atoms with E-state index in [1.165, 1.54) is 0 Å². The Balaban J connectivity index is 2.68. The molecule has 1 heterocycles. The van der Waals surface area contributed by atoms with Crippen molar-refractivity contribution in [3.8, 4) is 0 Å². The highest BCUT2D eigenvalue weighted by molar-refractivity contribution is 7.81. The number of rotatable bonds is 0. The molecule has 0 aliphatic carbocycles. The van der Waals surface area contributed by atoms with Crippen LogP contribution in [0.3, 0.4) is 0 Å². The molecule has 1 saturated heterocycles. The standard InChI is InChI=1S/C5H7NOS/c7-3-4-5(8)1-2-6-4/h5-6,8H,1-2H2. The monoisotopic (exact) mass is 129 g/mol. The van der Waals surface area contributed by atoms with Gasteiger partial charge in [-0.1, -0.05) is 0 Å². The Hall–Kier alpha value is -0.400. The summed E-state index contributed by atoms with van der Waals surface area (Å²) >= 11 is 4.11. The summed E-state index contributed by atoms with van der Waals surface area (Å²) in [6, 6.07) is 0. The normalized spacial score (nSPS) is 27.1. The fourth-order valence-electron chi connectivity index (χ4n) is 0.710. The molecule has 1 aliphatic rings. The van der Waals surface area contributed by atoms with E-state index < -0.39 is 0 Å². The summed E-state index contributed by atoms with van der Waals surface area (Å²) in [5.74, 6) is 1.79. The van der Waals surface area contributed by atoms with Crippen LogP contribution in [0, 0.1) is 0 Å². The minimum absolute atomic E-state index is 0.104. The molecular weight excluding hydrogens is 122 g/mol. The molecule has 1 fully saturated rings. The molecule has 0 aromatic rings. The zero-order valence-electron chi connectivity index (χ0n) is 4.35. The molecule has 1 aliphatic heterocycles. The zero-order valence-corrected chi connectivity index (χ0v) is 5.24. The summed E-state index contributed by atoms with van der Waals surface area (Å²) in [5.41, 5.74) is 0.605. The summed E-state index contributed by atoms with van der Waals surface area (Å²) in [6.07, 6.45) is 0.938. The molecule has 0 radical (unpaired) electrons. The van der Waals surface area contributed by atoms with Gasteiger partial charge in [0.2, 0.25) is 0 Å². The van der Waals surface area contributed by atoms with Crippen LogP contribution in [0.2, 0.25) is 0 Å². The molecule has 0 aromatic heterocycles. The number of hydrogen-bond acceptors (Lipinski definition) is 3. The maximum absolute atomic E-state index is 9.94. The summed E-state index contributed by atoms with van der Waals surface area (Å²) in [4.78, 5) is 9.94. The van der Waals surface area contributed by atoms with E-state index in [1.54, 1.807) is 5.94 Å². The Morgan fingerprint density at radius 2 is 2.62 bits per heavy atom. The Morgan fingerprint density at radius 3 is 2.88 bits per heavy atom.